The third kappa shape index (κ3) is 7.11. The predicted octanol–water partition coefficient (Wildman–Crippen LogP) is 10.3. The molecule has 0 bridgehead atoms. The molecule has 6 heteroatoms. The minimum atomic E-state index is 0.577. The fourth-order valence-electron chi connectivity index (χ4n) is 5.06. The summed E-state index contributed by atoms with van der Waals surface area (Å²) in [7, 11) is 0. The number of nitrogens with zero attached hydrogens (tertiary/aromatic N) is 4. The summed E-state index contributed by atoms with van der Waals surface area (Å²) in [6.07, 6.45) is 4.17. The molecule has 0 aliphatic rings. The van der Waals surface area contributed by atoms with Crippen molar-refractivity contribution in [2.24, 2.45) is 0 Å². The summed E-state index contributed by atoms with van der Waals surface area (Å²) < 4.78 is 0. The average Bonchev–Trinajstić information content (AvgIpc) is 3.13. The van der Waals surface area contributed by atoms with Crippen LogP contribution in [0.3, 0.4) is 0 Å². The Morgan fingerprint density at radius 1 is 0.478 bits per heavy atom. The van der Waals surface area contributed by atoms with Gasteiger partial charge in [-0.25, -0.2) is 9.97 Å². The number of benzene rings is 4. The van der Waals surface area contributed by atoms with Gasteiger partial charge in [-0.2, -0.15) is 10.5 Å². The predicted molar refractivity (Wildman–Crippen MR) is 190 cm³/mol. The van der Waals surface area contributed by atoms with E-state index in [4.69, 9.17) is 9.97 Å². The lowest BCUT2D eigenvalue weighted by atomic mass is 9.99. The molecule has 2 heterocycles. The second-order valence-electron chi connectivity index (χ2n) is 10.3. The number of pyridine rings is 2. The van der Waals surface area contributed by atoms with Gasteiger partial charge in [0.2, 0.25) is 0 Å². The van der Waals surface area contributed by atoms with E-state index in [1.165, 1.54) is 0 Å². The van der Waals surface area contributed by atoms with Crippen molar-refractivity contribution >= 4 is 23.5 Å². The van der Waals surface area contributed by atoms with Crippen LogP contribution in [0.5, 0.6) is 0 Å². The van der Waals surface area contributed by atoms with Crippen molar-refractivity contribution in [1.82, 2.24) is 9.97 Å². The molecule has 0 atom stereocenters. The minimum absolute atomic E-state index is 0.577. The summed E-state index contributed by atoms with van der Waals surface area (Å²) in [5.41, 5.74) is 8.56. The largest absolute Gasteiger partial charge is 0.240 e. The smallest absolute Gasteiger partial charge is 0.115 e. The number of aromatic nitrogens is 2. The third-order valence-electron chi connectivity index (χ3n) is 7.30. The molecule has 4 nitrogen and oxygen atoms in total. The molecule has 6 aromatic rings. The lowest BCUT2D eigenvalue weighted by Gasteiger charge is -2.12. The van der Waals surface area contributed by atoms with Crippen LogP contribution < -0.4 is 0 Å². The van der Waals surface area contributed by atoms with Crippen LogP contribution in [0.2, 0.25) is 0 Å². The molecule has 0 spiro atoms. The molecule has 46 heavy (non-hydrogen) atoms. The Labute approximate surface area is 278 Å². The summed E-state index contributed by atoms with van der Waals surface area (Å²) in [6, 6.07) is 48.9. The van der Waals surface area contributed by atoms with E-state index in [9.17, 15) is 10.5 Å². The van der Waals surface area contributed by atoms with Crippen LogP contribution in [0.4, 0.5) is 0 Å². The standard InChI is InChI=1S/C40H28N4S2/c41-27-35-33(29-15-5-1-6-16-29)25-37(31-19-9-3-10-20-31)43-39(35)45-23-13-14-24-46-40-36(28-42)34(30-17-7-2-8-18-30)26-38(44-40)32-21-11-4-12-22-32/h1-22,25-26H,23-24H2/b14-13+. The fourth-order valence-corrected chi connectivity index (χ4v) is 6.77. The first kappa shape index (κ1) is 30.6. The van der Waals surface area contributed by atoms with E-state index >= 15 is 0 Å². The molecule has 4 aromatic carbocycles. The molecule has 0 unspecified atom stereocenters. The molecular weight excluding hydrogens is 601 g/mol. The van der Waals surface area contributed by atoms with E-state index in [1.807, 2.05) is 133 Å². The number of hydrogen-bond donors (Lipinski definition) is 0. The minimum Gasteiger partial charge on any atom is -0.240 e. The van der Waals surface area contributed by atoms with Crippen LogP contribution in [0.1, 0.15) is 11.1 Å². The molecule has 0 aliphatic heterocycles. The lowest BCUT2D eigenvalue weighted by Crippen LogP contribution is -1.96. The van der Waals surface area contributed by atoms with Gasteiger partial charge in [-0.1, -0.05) is 133 Å². The van der Waals surface area contributed by atoms with E-state index in [1.54, 1.807) is 23.5 Å². The molecule has 0 N–H and O–H groups in total. The van der Waals surface area contributed by atoms with Crippen LogP contribution in [-0.4, -0.2) is 21.5 Å². The quantitative estimate of drug-likeness (QED) is 0.111. The van der Waals surface area contributed by atoms with Gasteiger partial charge in [0.05, 0.1) is 22.5 Å². The van der Waals surface area contributed by atoms with Crippen LogP contribution >= 0.6 is 23.5 Å². The molecule has 0 saturated carbocycles. The van der Waals surface area contributed by atoms with E-state index in [0.717, 1.165) is 44.8 Å². The maximum Gasteiger partial charge on any atom is 0.115 e. The van der Waals surface area contributed by atoms with Gasteiger partial charge in [0.25, 0.3) is 0 Å². The van der Waals surface area contributed by atoms with Crippen molar-refractivity contribution in [2.75, 3.05) is 11.5 Å². The molecule has 6 rings (SSSR count). The Kier molecular flexibility index (Phi) is 10.0. The highest BCUT2D eigenvalue weighted by Gasteiger charge is 2.17. The van der Waals surface area contributed by atoms with Gasteiger partial charge < -0.3 is 0 Å². The van der Waals surface area contributed by atoms with Crippen LogP contribution in [0, 0.1) is 22.7 Å². The van der Waals surface area contributed by atoms with E-state index in [-0.39, 0.29) is 0 Å². The third-order valence-corrected chi connectivity index (χ3v) is 9.16. The summed E-state index contributed by atoms with van der Waals surface area (Å²) in [5, 5.41) is 21.8. The maximum atomic E-state index is 10.2. The highest BCUT2D eigenvalue weighted by atomic mass is 32.2. The van der Waals surface area contributed by atoms with Crippen molar-refractivity contribution < 1.29 is 0 Å². The van der Waals surface area contributed by atoms with E-state index in [2.05, 4.69) is 24.3 Å². The van der Waals surface area contributed by atoms with Gasteiger partial charge in [-0.15, -0.1) is 23.5 Å². The Morgan fingerprint density at radius 2 is 0.804 bits per heavy atom. The van der Waals surface area contributed by atoms with Crippen LogP contribution in [-0.2, 0) is 0 Å². The van der Waals surface area contributed by atoms with Crippen molar-refractivity contribution in [3.8, 4) is 56.9 Å². The summed E-state index contributed by atoms with van der Waals surface area (Å²) in [4.78, 5) is 9.84. The van der Waals surface area contributed by atoms with Crippen molar-refractivity contribution in [3.63, 3.8) is 0 Å². The molecule has 0 amide bonds. The number of thioether (sulfide) groups is 2. The molecule has 220 valence electrons. The first-order valence-electron chi connectivity index (χ1n) is 14.8. The highest BCUT2D eigenvalue weighted by molar-refractivity contribution is 7.99. The Hall–Kier alpha value is -5.40. The topological polar surface area (TPSA) is 73.4 Å². The van der Waals surface area contributed by atoms with Gasteiger partial charge in [0, 0.05) is 33.8 Å². The zero-order valence-corrected chi connectivity index (χ0v) is 26.5. The van der Waals surface area contributed by atoms with Gasteiger partial charge in [0.15, 0.2) is 0 Å². The van der Waals surface area contributed by atoms with Gasteiger partial charge >= 0.3 is 0 Å². The first-order chi connectivity index (χ1) is 22.7. The second kappa shape index (κ2) is 15.1. The summed E-state index contributed by atoms with van der Waals surface area (Å²) in [5.74, 6) is 1.29. The molecular formula is C40H28N4S2. The monoisotopic (exact) mass is 628 g/mol. The van der Waals surface area contributed by atoms with Gasteiger partial charge in [-0.05, 0) is 23.3 Å². The highest BCUT2D eigenvalue weighted by Crippen LogP contribution is 2.36. The number of nitriles is 2. The normalized spacial score (nSPS) is 10.8. The molecule has 0 saturated heterocycles. The fraction of sp³-hybridized carbons (Fsp3) is 0.0500. The van der Waals surface area contributed by atoms with Crippen molar-refractivity contribution in [3.05, 3.63) is 157 Å². The zero-order valence-electron chi connectivity index (χ0n) is 24.9. The Bertz CT molecular complexity index is 1900. The average molecular weight is 629 g/mol. The van der Waals surface area contributed by atoms with Gasteiger partial charge in [-0.3, -0.25) is 0 Å². The maximum absolute atomic E-state index is 10.2. The van der Waals surface area contributed by atoms with Crippen LogP contribution in [0.25, 0.3) is 44.8 Å². The van der Waals surface area contributed by atoms with Crippen molar-refractivity contribution in [1.29, 1.82) is 10.5 Å². The number of hydrogen-bond acceptors (Lipinski definition) is 6. The Balaban J connectivity index is 1.23. The molecule has 0 aliphatic carbocycles. The molecule has 0 fully saturated rings. The lowest BCUT2D eigenvalue weighted by molar-refractivity contribution is 1.12. The van der Waals surface area contributed by atoms with E-state index < -0.39 is 0 Å². The van der Waals surface area contributed by atoms with Crippen molar-refractivity contribution in [2.45, 2.75) is 10.1 Å². The zero-order chi connectivity index (χ0) is 31.6. The molecule has 2 aromatic heterocycles. The Morgan fingerprint density at radius 3 is 1.13 bits per heavy atom. The van der Waals surface area contributed by atoms with E-state index in [0.29, 0.717) is 32.7 Å². The first-order valence-corrected chi connectivity index (χ1v) is 16.7. The SMILES string of the molecule is N#Cc1c(-c2ccccc2)cc(-c2ccccc2)nc1SC/C=C/CSc1nc(-c2ccccc2)cc(-c2ccccc2)c1C#N. The number of rotatable bonds is 10. The van der Waals surface area contributed by atoms with Crippen LogP contribution in [0.15, 0.2) is 156 Å². The summed E-state index contributed by atoms with van der Waals surface area (Å²) in [6.45, 7) is 0. The van der Waals surface area contributed by atoms with Gasteiger partial charge in [0.1, 0.15) is 22.2 Å². The molecule has 0 radical (unpaired) electrons. The second-order valence-corrected chi connectivity index (χ2v) is 12.3. The summed E-state index contributed by atoms with van der Waals surface area (Å²) >= 11 is 3.09.